The Morgan fingerprint density at radius 2 is 1.94 bits per heavy atom. The van der Waals surface area contributed by atoms with Gasteiger partial charge in [0, 0.05) is 12.1 Å². The number of likely N-dealkylation sites (N-methyl/N-ethyl adjacent to an activating group) is 1. The Morgan fingerprint density at radius 1 is 1.31 bits per heavy atom. The fraction of sp³-hybridized carbons (Fsp3) is 0.800. The minimum atomic E-state index is -1.04. The molecule has 0 unspecified atom stereocenters. The van der Waals surface area contributed by atoms with Crippen molar-refractivity contribution in [2.45, 2.75) is 24.8 Å². The number of urea groups is 1. The molecule has 0 aliphatic heterocycles. The van der Waals surface area contributed by atoms with Gasteiger partial charge in [0.05, 0.1) is 0 Å². The van der Waals surface area contributed by atoms with E-state index in [-0.39, 0.29) is 12.1 Å². The molecule has 0 atom stereocenters. The predicted molar refractivity (Wildman–Crippen MR) is 59.3 cm³/mol. The maximum Gasteiger partial charge on any atom is 0.323 e. The first-order valence-corrected chi connectivity index (χ1v) is 5.37. The van der Waals surface area contributed by atoms with Gasteiger partial charge in [-0.3, -0.25) is 4.79 Å². The van der Waals surface area contributed by atoms with E-state index < -0.39 is 12.0 Å². The van der Waals surface area contributed by atoms with Gasteiger partial charge in [0.25, 0.3) is 0 Å². The summed E-state index contributed by atoms with van der Waals surface area (Å²) in [6.07, 6.45) is 3.31. The zero-order valence-corrected chi connectivity index (χ0v) is 9.75. The molecule has 1 aliphatic rings. The fourth-order valence-corrected chi connectivity index (χ4v) is 1.83. The van der Waals surface area contributed by atoms with Crippen LogP contribution in [0.5, 0.6) is 0 Å². The van der Waals surface area contributed by atoms with E-state index in [4.69, 9.17) is 5.11 Å². The highest BCUT2D eigenvalue weighted by atomic mass is 16.4. The van der Waals surface area contributed by atoms with Crippen molar-refractivity contribution in [2.75, 3.05) is 27.2 Å². The molecule has 1 saturated carbocycles. The number of carbonyl (C=O) groups excluding carboxylic acids is 1. The van der Waals surface area contributed by atoms with E-state index in [1.54, 1.807) is 0 Å². The van der Waals surface area contributed by atoms with Crippen LogP contribution in [0.2, 0.25) is 0 Å². The normalized spacial score (nSPS) is 17.7. The SMILES string of the molecule is CN(C)C1(CNC(=O)NCC(=O)O)CCC1. The molecule has 1 aliphatic carbocycles. The molecule has 0 bridgehead atoms. The summed E-state index contributed by atoms with van der Waals surface area (Å²) < 4.78 is 0. The van der Waals surface area contributed by atoms with Crippen LogP contribution in [0.15, 0.2) is 0 Å². The summed E-state index contributed by atoms with van der Waals surface area (Å²) in [5.41, 5.74) is 0.0561. The Kier molecular flexibility index (Phi) is 4.12. The molecule has 0 saturated heterocycles. The van der Waals surface area contributed by atoms with Crippen molar-refractivity contribution in [1.29, 1.82) is 0 Å². The third-order valence-corrected chi connectivity index (χ3v) is 3.21. The smallest absolute Gasteiger partial charge is 0.323 e. The van der Waals surface area contributed by atoms with Gasteiger partial charge in [-0.1, -0.05) is 0 Å². The van der Waals surface area contributed by atoms with Gasteiger partial charge in [-0.2, -0.15) is 0 Å². The first-order valence-electron chi connectivity index (χ1n) is 5.37. The third-order valence-electron chi connectivity index (χ3n) is 3.21. The number of carbonyl (C=O) groups is 2. The monoisotopic (exact) mass is 229 g/mol. The van der Waals surface area contributed by atoms with Crippen molar-refractivity contribution in [1.82, 2.24) is 15.5 Å². The Bertz CT molecular complexity index is 274. The largest absolute Gasteiger partial charge is 0.480 e. The number of amides is 2. The molecule has 0 aromatic carbocycles. The minimum Gasteiger partial charge on any atom is -0.480 e. The van der Waals surface area contributed by atoms with Crippen LogP contribution in [-0.4, -0.2) is 54.7 Å². The van der Waals surface area contributed by atoms with Gasteiger partial charge in [0.15, 0.2) is 0 Å². The summed E-state index contributed by atoms with van der Waals surface area (Å²) in [4.78, 5) is 23.6. The second-order valence-corrected chi connectivity index (χ2v) is 4.40. The van der Waals surface area contributed by atoms with Crippen molar-refractivity contribution in [2.24, 2.45) is 0 Å². The summed E-state index contributed by atoms with van der Waals surface area (Å²) in [6, 6.07) is -0.421. The van der Waals surface area contributed by atoms with E-state index in [9.17, 15) is 9.59 Å². The number of carboxylic acid groups (broad SMARTS) is 1. The van der Waals surface area contributed by atoms with Gasteiger partial charge in [0.1, 0.15) is 6.54 Å². The van der Waals surface area contributed by atoms with Crippen molar-refractivity contribution in [3.05, 3.63) is 0 Å². The quantitative estimate of drug-likeness (QED) is 0.612. The van der Waals surface area contributed by atoms with Crippen LogP contribution in [0.1, 0.15) is 19.3 Å². The zero-order chi connectivity index (χ0) is 12.2. The molecule has 2 amide bonds. The molecule has 1 fully saturated rings. The fourth-order valence-electron chi connectivity index (χ4n) is 1.83. The molecule has 16 heavy (non-hydrogen) atoms. The Morgan fingerprint density at radius 3 is 2.31 bits per heavy atom. The van der Waals surface area contributed by atoms with Gasteiger partial charge < -0.3 is 20.6 Å². The van der Waals surface area contributed by atoms with Crippen LogP contribution in [0.25, 0.3) is 0 Å². The first-order chi connectivity index (χ1) is 7.46. The second kappa shape index (κ2) is 5.16. The lowest BCUT2D eigenvalue weighted by Crippen LogP contribution is -2.58. The number of nitrogens with one attached hydrogen (secondary N) is 2. The van der Waals surface area contributed by atoms with Crippen molar-refractivity contribution in [3.8, 4) is 0 Å². The lowest BCUT2D eigenvalue weighted by atomic mass is 9.75. The van der Waals surface area contributed by atoms with E-state index in [1.807, 2.05) is 14.1 Å². The number of nitrogens with zero attached hydrogens (tertiary/aromatic N) is 1. The molecule has 0 spiro atoms. The maximum absolute atomic E-state index is 11.3. The second-order valence-electron chi connectivity index (χ2n) is 4.40. The number of aliphatic carboxylic acids is 1. The van der Waals surface area contributed by atoms with Crippen LogP contribution in [0.3, 0.4) is 0 Å². The van der Waals surface area contributed by atoms with Gasteiger partial charge in [-0.05, 0) is 33.4 Å². The zero-order valence-electron chi connectivity index (χ0n) is 9.75. The molecular weight excluding hydrogens is 210 g/mol. The van der Waals surface area contributed by atoms with Gasteiger partial charge in [-0.25, -0.2) is 4.79 Å². The van der Waals surface area contributed by atoms with Crippen LogP contribution < -0.4 is 10.6 Å². The highest BCUT2D eigenvalue weighted by Gasteiger charge is 2.39. The molecule has 0 heterocycles. The van der Waals surface area contributed by atoms with Crippen molar-refractivity contribution in [3.63, 3.8) is 0 Å². The average Bonchev–Trinajstić information content (AvgIpc) is 2.12. The number of hydrogen-bond donors (Lipinski definition) is 3. The lowest BCUT2D eigenvalue weighted by Gasteiger charge is -2.47. The van der Waals surface area contributed by atoms with E-state index in [0.29, 0.717) is 6.54 Å². The van der Waals surface area contributed by atoms with Crippen LogP contribution in [-0.2, 0) is 4.79 Å². The summed E-state index contributed by atoms with van der Waals surface area (Å²) in [6.45, 7) is 0.215. The number of carboxylic acids is 1. The van der Waals surface area contributed by atoms with Crippen LogP contribution >= 0.6 is 0 Å². The highest BCUT2D eigenvalue weighted by Crippen LogP contribution is 2.35. The standard InChI is InChI=1S/C10H19N3O3/c1-13(2)10(4-3-5-10)7-12-9(16)11-6-8(14)15/h3-7H2,1-2H3,(H,14,15)(H2,11,12,16). The molecular formula is C10H19N3O3. The van der Waals surface area contributed by atoms with Crippen molar-refractivity contribution < 1.29 is 14.7 Å². The lowest BCUT2D eigenvalue weighted by molar-refractivity contribution is -0.135. The Labute approximate surface area is 95.0 Å². The molecule has 0 aromatic heterocycles. The number of rotatable bonds is 5. The summed E-state index contributed by atoms with van der Waals surface area (Å²) in [5.74, 6) is -1.04. The van der Waals surface area contributed by atoms with E-state index >= 15 is 0 Å². The molecule has 6 nitrogen and oxygen atoms in total. The van der Waals surface area contributed by atoms with E-state index in [0.717, 1.165) is 12.8 Å². The topological polar surface area (TPSA) is 81.7 Å². The molecule has 92 valence electrons. The molecule has 0 radical (unpaired) electrons. The molecule has 6 heteroatoms. The summed E-state index contributed by atoms with van der Waals surface area (Å²) in [7, 11) is 3.99. The van der Waals surface area contributed by atoms with Crippen LogP contribution in [0.4, 0.5) is 4.79 Å². The third kappa shape index (κ3) is 3.10. The van der Waals surface area contributed by atoms with Crippen molar-refractivity contribution >= 4 is 12.0 Å². The summed E-state index contributed by atoms with van der Waals surface area (Å²) >= 11 is 0. The van der Waals surface area contributed by atoms with Crippen LogP contribution in [0, 0.1) is 0 Å². The number of hydrogen-bond acceptors (Lipinski definition) is 3. The minimum absolute atomic E-state index is 0.0561. The van der Waals surface area contributed by atoms with Gasteiger partial charge in [-0.15, -0.1) is 0 Å². The molecule has 3 N–H and O–H groups in total. The van der Waals surface area contributed by atoms with Gasteiger partial charge >= 0.3 is 12.0 Å². The maximum atomic E-state index is 11.3. The molecule has 1 rings (SSSR count). The van der Waals surface area contributed by atoms with Gasteiger partial charge in [0.2, 0.25) is 0 Å². The highest BCUT2D eigenvalue weighted by molar-refractivity contribution is 5.79. The Balaban J connectivity index is 2.27. The Hall–Kier alpha value is -1.30. The molecule has 0 aromatic rings. The predicted octanol–water partition coefficient (Wildman–Crippen LogP) is -0.145. The average molecular weight is 229 g/mol. The van der Waals surface area contributed by atoms with E-state index in [2.05, 4.69) is 15.5 Å². The summed E-state index contributed by atoms with van der Waals surface area (Å²) in [5, 5.41) is 13.4. The first kappa shape index (κ1) is 12.8. The van der Waals surface area contributed by atoms with E-state index in [1.165, 1.54) is 6.42 Å².